The number of hydrogen-bond acceptors (Lipinski definition) is 2. The summed E-state index contributed by atoms with van der Waals surface area (Å²) in [6, 6.07) is 53.3. The molecule has 0 saturated carbocycles. The van der Waals surface area contributed by atoms with Gasteiger partial charge in [0.15, 0.2) is 0 Å². The van der Waals surface area contributed by atoms with Crippen LogP contribution in [-0.2, 0) is 0 Å². The molecule has 43 heavy (non-hydrogen) atoms. The van der Waals surface area contributed by atoms with Gasteiger partial charge in [-0.2, -0.15) is 0 Å². The molecule has 2 nitrogen and oxygen atoms in total. The Labute approximate surface area is 254 Å². The fourth-order valence-corrected chi connectivity index (χ4v) is 8.28. The van der Waals surface area contributed by atoms with Gasteiger partial charge in [0.2, 0.25) is 0 Å². The monoisotopic (exact) mass is 568 g/mol. The van der Waals surface area contributed by atoms with Crippen molar-refractivity contribution >= 4 is 60.8 Å². The summed E-state index contributed by atoms with van der Waals surface area (Å²) in [6.45, 7) is 0. The summed E-state index contributed by atoms with van der Waals surface area (Å²) in [5.74, 6) is 0. The lowest BCUT2D eigenvalue weighted by Gasteiger charge is -2.23. The Morgan fingerprint density at radius 1 is 0.535 bits per heavy atom. The lowest BCUT2D eigenvalue weighted by molar-refractivity contribution is 0.918. The van der Waals surface area contributed by atoms with Crippen LogP contribution in [0.15, 0.2) is 150 Å². The Morgan fingerprint density at radius 3 is 2.07 bits per heavy atom. The van der Waals surface area contributed by atoms with Crippen LogP contribution in [0.3, 0.4) is 0 Å². The molecule has 0 fully saturated rings. The van der Waals surface area contributed by atoms with E-state index in [1.165, 1.54) is 76.3 Å². The van der Waals surface area contributed by atoms with E-state index in [4.69, 9.17) is 0 Å². The van der Waals surface area contributed by atoms with Gasteiger partial charge < -0.3 is 9.47 Å². The number of para-hydroxylation sites is 2. The average Bonchev–Trinajstić information content (AvgIpc) is 3.59. The molecule has 2 heterocycles. The second kappa shape index (κ2) is 9.52. The average molecular weight is 569 g/mol. The topological polar surface area (TPSA) is 8.17 Å². The van der Waals surface area contributed by atoms with Crippen LogP contribution in [0.25, 0.3) is 60.2 Å². The first-order valence-corrected chi connectivity index (χ1v) is 15.7. The van der Waals surface area contributed by atoms with E-state index < -0.39 is 0 Å². The summed E-state index contributed by atoms with van der Waals surface area (Å²) in [4.78, 5) is 3.81. The second-order valence-electron chi connectivity index (χ2n) is 11.4. The highest BCUT2D eigenvalue weighted by Crippen LogP contribution is 2.54. The molecule has 0 bridgehead atoms. The van der Waals surface area contributed by atoms with E-state index in [2.05, 4.69) is 162 Å². The van der Waals surface area contributed by atoms with E-state index in [1.54, 1.807) is 0 Å². The van der Waals surface area contributed by atoms with E-state index in [-0.39, 0.29) is 5.37 Å². The van der Waals surface area contributed by atoms with Crippen LogP contribution in [0, 0.1) is 0 Å². The minimum Gasteiger partial charge on any atom is -0.357 e. The van der Waals surface area contributed by atoms with Crippen LogP contribution in [0.4, 0.5) is 5.69 Å². The van der Waals surface area contributed by atoms with Crippen molar-refractivity contribution in [2.75, 3.05) is 11.9 Å². The summed E-state index contributed by atoms with van der Waals surface area (Å²) in [5.41, 5.74) is 8.80. The zero-order valence-corrected chi connectivity index (χ0v) is 24.6. The van der Waals surface area contributed by atoms with Crippen LogP contribution in [0.5, 0.6) is 0 Å². The van der Waals surface area contributed by atoms with Gasteiger partial charge in [0, 0.05) is 33.8 Å². The molecule has 7 aromatic carbocycles. The highest BCUT2D eigenvalue weighted by atomic mass is 32.2. The van der Waals surface area contributed by atoms with E-state index in [9.17, 15) is 0 Å². The molecule has 9 rings (SSSR count). The number of anilines is 1. The second-order valence-corrected chi connectivity index (χ2v) is 12.5. The molecule has 1 aromatic heterocycles. The normalized spacial score (nSPS) is 14.7. The van der Waals surface area contributed by atoms with Crippen LogP contribution in [-0.4, -0.2) is 11.6 Å². The number of nitrogens with zero attached hydrogens (tertiary/aromatic N) is 2. The van der Waals surface area contributed by atoms with Gasteiger partial charge >= 0.3 is 0 Å². The van der Waals surface area contributed by atoms with Crippen molar-refractivity contribution in [3.8, 4) is 16.8 Å². The number of aromatic nitrogens is 1. The fourth-order valence-electron chi connectivity index (χ4n) is 6.98. The number of benzene rings is 7. The molecule has 3 heteroatoms. The van der Waals surface area contributed by atoms with Crippen molar-refractivity contribution in [3.63, 3.8) is 0 Å². The molecule has 0 N–H and O–H groups in total. The minimum atomic E-state index is 0.279. The van der Waals surface area contributed by atoms with Gasteiger partial charge in [-0.3, -0.25) is 0 Å². The maximum absolute atomic E-state index is 2.46. The van der Waals surface area contributed by atoms with Gasteiger partial charge in [-0.1, -0.05) is 115 Å². The number of hydrogen-bond donors (Lipinski definition) is 0. The standard InChI is InChI=1S/C40H28N2S/c1-41-39-37(43-40(41)27-10-4-2-5-11-27)23-20-26-16-17-30-24-28(18-21-32(30)38(26)39)29-19-22-36-34(25-29)33-14-8-9-15-35(33)42(36)31-12-6-3-7-13-31/h2-25,40H,1H3. The Hall–Kier alpha value is -4.99. The van der Waals surface area contributed by atoms with Gasteiger partial charge in [0.1, 0.15) is 5.37 Å². The molecule has 204 valence electrons. The fraction of sp³-hybridized carbons (Fsp3) is 0.0500. The van der Waals surface area contributed by atoms with E-state index in [1.807, 2.05) is 11.8 Å². The minimum absolute atomic E-state index is 0.279. The quantitative estimate of drug-likeness (QED) is 0.196. The summed E-state index contributed by atoms with van der Waals surface area (Å²) >= 11 is 1.95. The highest BCUT2D eigenvalue weighted by molar-refractivity contribution is 8.00. The van der Waals surface area contributed by atoms with Gasteiger partial charge in [0.25, 0.3) is 0 Å². The van der Waals surface area contributed by atoms with Crippen LogP contribution in [0.2, 0.25) is 0 Å². The van der Waals surface area contributed by atoms with Crippen molar-refractivity contribution in [1.82, 2.24) is 4.57 Å². The first kappa shape index (κ1) is 24.6. The smallest absolute Gasteiger partial charge is 0.105 e. The lowest BCUT2D eigenvalue weighted by Crippen LogP contribution is -2.17. The molecule has 0 radical (unpaired) electrons. The van der Waals surface area contributed by atoms with Crippen LogP contribution in [0.1, 0.15) is 10.9 Å². The van der Waals surface area contributed by atoms with E-state index in [0.29, 0.717) is 0 Å². The van der Waals surface area contributed by atoms with Crippen molar-refractivity contribution in [2.24, 2.45) is 0 Å². The maximum Gasteiger partial charge on any atom is 0.105 e. The predicted molar refractivity (Wildman–Crippen MR) is 185 cm³/mol. The van der Waals surface area contributed by atoms with Gasteiger partial charge in [-0.25, -0.2) is 0 Å². The molecule has 8 aromatic rings. The third-order valence-corrected chi connectivity index (χ3v) is 10.4. The van der Waals surface area contributed by atoms with E-state index in [0.717, 1.165) is 0 Å². The summed E-state index contributed by atoms with van der Waals surface area (Å²) in [7, 11) is 2.24. The Bertz CT molecular complexity index is 2340. The molecule has 0 spiro atoms. The van der Waals surface area contributed by atoms with E-state index >= 15 is 0 Å². The Balaban J connectivity index is 1.19. The van der Waals surface area contributed by atoms with Crippen molar-refractivity contribution < 1.29 is 0 Å². The zero-order chi connectivity index (χ0) is 28.5. The number of fused-ring (bicyclic) bond motifs is 8. The first-order valence-electron chi connectivity index (χ1n) is 14.8. The highest BCUT2D eigenvalue weighted by Gasteiger charge is 2.30. The van der Waals surface area contributed by atoms with Crippen molar-refractivity contribution in [2.45, 2.75) is 10.3 Å². The van der Waals surface area contributed by atoms with Gasteiger partial charge in [0.05, 0.1) is 16.7 Å². The summed E-state index contributed by atoms with van der Waals surface area (Å²) < 4.78 is 2.37. The molecular weight excluding hydrogens is 541 g/mol. The van der Waals surface area contributed by atoms with Gasteiger partial charge in [-0.05, 0) is 75.3 Å². The Morgan fingerprint density at radius 2 is 1.21 bits per heavy atom. The third kappa shape index (κ3) is 3.75. The van der Waals surface area contributed by atoms with Crippen molar-refractivity contribution in [3.05, 3.63) is 151 Å². The Kier molecular flexibility index (Phi) is 5.44. The third-order valence-electron chi connectivity index (χ3n) is 8.98. The maximum atomic E-state index is 2.46. The first-order chi connectivity index (χ1) is 21.2. The molecular formula is C40H28N2S. The number of rotatable bonds is 3. The summed E-state index contributed by atoms with van der Waals surface area (Å²) in [5, 5.41) is 8.04. The molecule has 1 aliphatic heterocycles. The van der Waals surface area contributed by atoms with Crippen LogP contribution < -0.4 is 4.90 Å². The SMILES string of the molecule is CN1c2c(ccc3ccc4cc(-c5ccc6c(c5)c5ccccc5n6-c5ccccc5)ccc4c23)SC1c1ccccc1. The molecule has 1 aliphatic rings. The molecule has 0 aliphatic carbocycles. The zero-order valence-electron chi connectivity index (χ0n) is 23.7. The summed E-state index contributed by atoms with van der Waals surface area (Å²) in [6.07, 6.45) is 0. The van der Waals surface area contributed by atoms with Crippen molar-refractivity contribution in [1.29, 1.82) is 0 Å². The molecule has 1 atom stereocenters. The molecule has 0 saturated heterocycles. The number of thioether (sulfide) groups is 1. The molecule has 1 unspecified atom stereocenters. The largest absolute Gasteiger partial charge is 0.357 e. The van der Waals surface area contributed by atoms with Crippen LogP contribution >= 0.6 is 11.8 Å². The lowest BCUT2D eigenvalue weighted by atomic mass is 9.95. The predicted octanol–water partition coefficient (Wildman–Crippen LogP) is 11.0. The molecule has 0 amide bonds. The van der Waals surface area contributed by atoms with Gasteiger partial charge in [-0.15, -0.1) is 0 Å².